The third-order valence-corrected chi connectivity index (χ3v) is 6.15. The summed E-state index contributed by atoms with van der Waals surface area (Å²) in [5.74, 6) is -1.76. The maximum Gasteiger partial charge on any atom is 0.355 e. The van der Waals surface area contributed by atoms with Crippen LogP contribution in [0.4, 0.5) is 0 Å². The minimum Gasteiger partial charge on any atom is -0.451 e. The van der Waals surface area contributed by atoms with Crippen LogP contribution in [0.5, 0.6) is 0 Å². The number of nitrogens with zero attached hydrogens (tertiary/aromatic N) is 1. The van der Waals surface area contributed by atoms with Gasteiger partial charge in [-0.2, -0.15) is 0 Å². The molecule has 1 saturated heterocycles. The Labute approximate surface area is 170 Å². The Morgan fingerprint density at radius 3 is 2.48 bits per heavy atom. The SMILES string of the molecule is CCCN(C(=O)COC(=O)/C(=C/c1ccccc1)NC(C)=O)[C@@H]1CCS(=O)(=O)C1. The smallest absolute Gasteiger partial charge is 0.355 e. The number of carbonyl (C=O) groups is 3. The van der Waals surface area contributed by atoms with Crippen molar-refractivity contribution in [1.82, 2.24) is 10.2 Å². The maximum atomic E-state index is 12.6. The highest BCUT2D eigenvalue weighted by molar-refractivity contribution is 7.91. The first-order chi connectivity index (χ1) is 13.7. The molecule has 0 spiro atoms. The van der Waals surface area contributed by atoms with E-state index in [4.69, 9.17) is 4.74 Å². The van der Waals surface area contributed by atoms with Gasteiger partial charge in [0.2, 0.25) is 5.91 Å². The first-order valence-electron chi connectivity index (χ1n) is 9.43. The van der Waals surface area contributed by atoms with E-state index in [0.29, 0.717) is 24.9 Å². The number of nitrogens with one attached hydrogen (secondary N) is 1. The van der Waals surface area contributed by atoms with Gasteiger partial charge in [-0.3, -0.25) is 9.59 Å². The number of sulfone groups is 1. The number of esters is 1. The molecule has 1 N–H and O–H groups in total. The van der Waals surface area contributed by atoms with Gasteiger partial charge in [0.05, 0.1) is 11.5 Å². The monoisotopic (exact) mass is 422 g/mol. The van der Waals surface area contributed by atoms with Gasteiger partial charge in [0.15, 0.2) is 16.4 Å². The fraction of sp³-hybridized carbons (Fsp3) is 0.450. The van der Waals surface area contributed by atoms with Crippen LogP contribution in [0.2, 0.25) is 0 Å². The standard InChI is InChI=1S/C20H26N2O6S/c1-3-10-22(17-9-11-29(26,27)14-17)19(24)13-28-20(25)18(21-15(2)23)12-16-7-5-4-6-8-16/h4-8,12,17H,3,9-11,13-14H2,1-2H3,(H,21,23)/b18-12-/t17-/m1/s1. The van der Waals surface area contributed by atoms with Gasteiger partial charge >= 0.3 is 5.97 Å². The molecule has 2 amide bonds. The van der Waals surface area contributed by atoms with Crippen LogP contribution in [0.15, 0.2) is 36.0 Å². The molecule has 1 aliphatic rings. The summed E-state index contributed by atoms with van der Waals surface area (Å²) < 4.78 is 28.6. The van der Waals surface area contributed by atoms with Crippen molar-refractivity contribution in [2.45, 2.75) is 32.7 Å². The molecule has 9 heteroatoms. The van der Waals surface area contributed by atoms with Gasteiger partial charge in [-0.25, -0.2) is 13.2 Å². The largest absolute Gasteiger partial charge is 0.451 e. The minimum absolute atomic E-state index is 0.0530. The molecule has 0 unspecified atom stereocenters. The molecule has 2 rings (SSSR count). The number of carbonyl (C=O) groups excluding carboxylic acids is 3. The van der Waals surface area contributed by atoms with E-state index in [0.717, 1.165) is 0 Å². The average Bonchev–Trinajstić information content (AvgIpc) is 3.03. The number of rotatable bonds is 8. The van der Waals surface area contributed by atoms with Crippen molar-refractivity contribution in [2.75, 3.05) is 24.7 Å². The normalized spacial score (nSPS) is 18.1. The molecule has 8 nitrogen and oxygen atoms in total. The summed E-state index contributed by atoms with van der Waals surface area (Å²) in [6.07, 6.45) is 2.50. The quantitative estimate of drug-likeness (QED) is 0.497. The van der Waals surface area contributed by atoms with E-state index in [1.165, 1.54) is 17.9 Å². The van der Waals surface area contributed by atoms with Gasteiger partial charge in [-0.1, -0.05) is 37.3 Å². The second-order valence-corrected chi connectivity index (χ2v) is 9.10. The summed E-state index contributed by atoms with van der Waals surface area (Å²) in [6, 6.07) is 8.49. The van der Waals surface area contributed by atoms with E-state index >= 15 is 0 Å². The lowest BCUT2D eigenvalue weighted by Crippen LogP contribution is -2.44. The van der Waals surface area contributed by atoms with Crippen molar-refractivity contribution < 1.29 is 27.5 Å². The molecule has 1 aliphatic heterocycles. The fourth-order valence-electron chi connectivity index (χ4n) is 3.11. The molecule has 0 aliphatic carbocycles. The van der Waals surface area contributed by atoms with Crippen molar-refractivity contribution in [3.05, 3.63) is 41.6 Å². The zero-order valence-corrected chi connectivity index (χ0v) is 17.4. The van der Waals surface area contributed by atoms with Gasteiger partial charge in [-0.15, -0.1) is 0 Å². The van der Waals surface area contributed by atoms with Crippen LogP contribution >= 0.6 is 0 Å². The summed E-state index contributed by atoms with van der Waals surface area (Å²) in [5, 5.41) is 2.42. The van der Waals surface area contributed by atoms with Crippen LogP contribution in [-0.4, -0.2) is 61.8 Å². The van der Waals surface area contributed by atoms with Crippen molar-refractivity contribution in [3.63, 3.8) is 0 Å². The van der Waals surface area contributed by atoms with Crippen LogP contribution in [-0.2, 0) is 29.0 Å². The van der Waals surface area contributed by atoms with Gasteiger partial charge in [0.25, 0.3) is 5.91 Å². The summed E-state index contributed by atoms with van der Waals surface area (Å²) in [7, 11) is -3.14. The molecule has 0 radical (unpaired) electrons. The van der Waals surface area contributed by atoms with E-state index in [2.05, 4.69) is 5.32 Å². The molecule has 1 aromatic rings. The fourth-order valence-corrected chi connectivity index (χ4v) is 4.84. The molecule has 29 heavy (non-hydrogen) atoms. The molecule has 0 bridgehead atoms. The molecule has 1 heterocycles. The Morgan fingerprint density at radius 1 is 1.24 bits per heavy atom. The number of ether oxygens (including phenoxy) is 1. The lowest BCUT2D eigenvalue weighted by Gasteiger charge is -2.27. The van der Waals surface area contributed by atoms with E-state index in [1.807, 2.05) is 13.0 Å². The zero-order chi connectivity index (χ0) is 21.4. The summed E-state index contributed by atoms with van der Waals surface area (Å²) >= 11 is 0. The summed E-state index contributed by atoms with van der Waals surface area (Å²) in [5.41, 5.74) is 0.602. The van der Waals surface area contributed by atoms with Gasteiger partial charge in [-0.05, 0) is 24.5 Å². The number of benzene rings is 1. The van der Waals surface area contributed by atoms with E-state index in [1.54, 1.807) is 24.3 Å². The topological polar surface area (TPSA) is 110 Å². The first-order valence-corrected chi connectivity index (χ1v) is 11.3. The first kappa shape index (κ1) is 22.6. The number of hydrogen-bond donors (Lipinski definition) is 1. The maximum absolute atomic E-state index is 12.6. The van der Waals surface area contributed by atoms with Gasteiger partial charge < -0.3 is 15.0 Å². The van der Waals surface area contributed by atoms with E-state index in [-0.39, 0.29) is 17.2 Å². The molecule has 1 fully saturated rings. The van der Waals surface area contributed by atoms with E-state index < -0.39 is 40.3 Å². The lowest BCUT2D eigenvalue weighted by atomic mass is 10.2. The van der Waals surface area contributed by atoms with Crippen molar-refractivity contribution in [2.24, 2.45) is 0 Å². The zero-order valence-electron chi connectivity index (χ0n) is 16.6. The number of amides is 2. The highest BCUT2D eigenvalue weighted by atomic mass is 32.2. The molecule has 0 saturated carbocycles. The van der Waals surface area contributed by atoms with Gasteiger partial charge in [0, 0.05) is 19.5 Å². The van der Waals surface area contributed by atoms with Crippen LogP contribution < -0.4 is 5.32 Å². The Morgan fingerprint density at radius 2 is 1.93 bits per heavy atom. The minimum atomic E-state index is -3.14. The molecule has 1 aromatic carbocycles. The summed E-state index contributed by atoms with van der Waals surface area (Å²) in [6.45, 7) is 3.00. The second-order valence-electron chi connectivity index (χ2n) is 6.87. The molecule has 1 atom stereocenters. The highest BCUT2D eigenvalue weighted by Crippen LogP contribution is 2.18. The highest BCUT2D eigenvalue weighted by Gasteiger charge is 2.34. The number of hydrogen-bond acceptors (Lipinski definition) is 6. The third kappa shape index (κ3) is 7.01. The third-order valence-electron chi connectivity index (χ3n) is 4.40. The Hall–Kier alpha value is -2.68. The van der Waals surface area contributed by atoms with Crippen LogP contribution in [0.25, 0.3) is 6.08 Å². The van der Waals surface area contributed by atoms with Crippen LogP contribution in [0, 0.1) is 0 Å². The predicted octanol–water partition coefficient (Wildman–Crippen LogP) is 1.13. The van der Waals surface area contributed by atoms with Crippen LogP contribution in [0.3, 0.4) is 0 Å². The second kappa shape index (κ2) is 10.2. The van der Waals surface area contributed by atoms with Crippen molar-refractivity contribution in [1.29, 1.82) is 0 Å². The lowest BCUT2D eigenvalue weighted by molar-refractivity contribution is -0.150. The Balaban J connectivity index is 2.06. The van der Waals surface area contributed by atoms with Crippen molar-refractivity contribution in [3.8, 4) is 0 Å². The summed E-state index contributed by atoms with van der Waals surface area (Å²) in [4.78, 5) is 37.9. The van der Waals surface area contributed by atoms with Gasteiger partial charge in [0.1, 0.15) is 5.70 Å². The molecule has 158 valence electrons. The van der Waals surface area contributed by atoms with Crippen molar-refractivity contribution >= 4 is 33.7 Å². The molecular formula is C20H26N2O6S. The van der Waals surface area contributed by atoms with E-state index in [9.17, 15) is 22.8 Å². The van der Waals surface area contributed by atoms with Crippen LogP contribution in [0.1, 0.15) is 32.3 Å². The Kier molecular flexibility index (Phi) is 7.95. The molecular weight excluding hydrogens is 396 g/mol. The average molecular weight is 423 g/mol. The Bertz CT molecular complexity index is 879. The molecule has 0 aromatic heterocycles. The predicted molar refractivity (Wildman–Crippen MR) is 108 cm³/mol.